The van der Waals surface area contributed by atoms with E-state index in [0.717, 1.165) is 43.1 Å². The number of hydrogen-bond donors (Lipinski definition) is 0. The summed E-state index contributed by atoms with van der Waals surface area (Å²) in [6.45, 7) is 8.12. The number of benzene rings is 4. The van der Waals surface area contributed by atoms with Crippen LogP contribution in [-0.4, -0.2) is 50.3 Å². The summed E-state index contributed by atoms with van der Waals surface area (Å²) >= 11 is 1.55. The Labute approximate surface area is 289 Å². The van der Waals surface area contributed by atoms with Gasteiger partial charge in [-0.15, -0.1) is 11.3 Å². The topological polar surface area (TPSA) is 105 Å². The smallest absolute Gasteiger partial charge is 0.338 e. The Balaban J connectivity index is 1.75. The maximum absolute atomic E-state index is 12.5. The van der Waals surface area contributed by atoms with Gasteiger partial charge < -0.3 is 18.9 Å². The molecule has 0 bridgehead atoms. The van der Waals surface area contributed by atoms with Gasteiger partial charge in [-0.3, -0.25) is 0 Å². The van der Waals surface area contributed by atoms with Gasteiger partial charge in [-0.2, -0.15) is 0 Å². The van der Waals surface area contributed by atoms with Crippen LogP contribution in [0.5, 0.6) is 0 Å². The Morgan fingerprint density at radius 1 is 0.388 bits per heavy atom. The number of hydrogen-bond acceptors (Lipinski definition) is 9. The van der Waals surface area contributed by atoms with Crippen LogP contribution < -0.4 is 0 Å². The van der Waals surface area contributed by atoms with Crippen LogP contribution in [0.4, 0.5) is 0 Å². The molecule has 0 N–H and O–H groups in total. The first-order valence-electron chi connectivity index (χ1n) is 16.1. The van der Waals surface area contributed by atoms with E-state index < -0.39 is 23.9 Å². The summed E-state index contributed by atoms with van der Waals surface area (Å²) in [4.78, 5) is 51.8. The van der Waals surface area contributed by atoms with Crippen molar-refractivity contribution >= 4 is 35.2 Å². The predicted molar refractivity (Wildman–Crippen MR) is 190 cm³/mol. The number of thiophene rings is 1. The molecule has 250 valence electrons. The molecule has 4 aromatic carbocycles. The zero-order valence-corrected chi connectivity index (χ0v) is 28.6. The van der Waals surface area contributed by atoms with E-state index in [1.54, 1.807) is 87.6 Å². The molecule has 0 radical (unpaired) electrons. The molecular weight excluding hydrogens is 640 g/mol. The summed E-state index contributed by atoms with van der Waals surface area (Å²) in [6, 6.07) is 29.0. The summed E-state index contributed by atoms with van der Waals surface area (Å²) in [7, 11) is 0. The lowest BCUT2D eigenvalue weighted by molar-refractivity contribution is 0.0517. The molecule has 0 atom stereocenters. The van der Waals surface area contributed by atoms with Crippen LogP contribution in [0.1, 0.15) is 69.1 Å². The van der Waals surface area contributed by atoms with Gasteiger partial charge in [-0.25, -0.2) is 19.2 Å². The van der Waals surface area contributed by atoms with E-state index >= 15 is 0 Å². The quantitative estimate of drug-likeness (QED) is 0.0952. The summed E-state index contributed by atoms with van der Waals surface area (Å²) in [5, 5.41) is 0. The fraction of sp³-hybridized carbons (Fsp3) is 0.200. The van der Waals surface area contributed by atoms with Gasteiger partial charge in [0, 0.05) is 20.9 Å². The molecule has 5 rings (SSSR count). The van der Waals surface area contributed by atoms with Crippen molar-refractivity contribution in [2.45, 2.75) is 27.7 Å². The van der Waals surface area contributed by atoms with Crippen LogP contribution in [0.15, 0.2) is 97.1 Å². The molecule has 0 aliphatic rings. The van der Waals surface area contributed by atoms with Crippen molar-refractivity contribution in [1.29, 1.82) is 0 Å². The Kier molecular flexibility index (Phi) is 11.4. The molecule has 0 aliphatic heterocycles. The highest BCUT2D eigenvalue weighted by atomic mass is 32.1. The number of esters is 4. The second-order valence-electron chi connectivity index (χ2n) is 10.7. The first kappa shape index (κ1) is 34.8. The molecule has 1 aromatic heterocycles. The van der Waals surface area contributed by atoms with Gasteiger partial charge in [-0.05, 0) is 98.5 Å². The van der Waals surface area contributed by atoms with Crippen LogP contribution in [0.2, 0.25) is 0 Å². The second-order valence-corrected chi connectivity index (χ2v) is 11.7. The van der Waals surface area contributed by atoms with Crippen molar-refractivity contribution in [1.82, 2.24) is 0 Å². The third kappa shape index (κ3) is 7.79. The number of rotatable bonds is 12. The van der Waals surface area contributed by atoms with Gasteiger partial charge in [0.1, 0.15) is 0 Å². The molecule has 0 spiro atoms. The van der Waals surface area contributed by atoms with E-state index in [-0.39, 0.29) is 26.4 Å². The van der Waals surface area contributed by atoms with E-state index in [9.17, 15) is 19.2 Å². The van der Waals surface area contributed by atoms with Gasteiger partial charge in [0.25, 0.3) is 0 Å². The molecule has 1 heterocycles. The van der Waals surface area contributed by atoms with Crippen molar-refractivity contribution < 1.29 is 38.1 Å². The molecule has 0 saturated carbocycles. The lowest BCUT2D eigenvalue weighted by Gasteiger charge is -2.13. The van der Waals surface area contributed by atoms with E-state index in [2.05, 4.69) is 0 Å². The van der Waals surface area contributed by atoms with Gasteiger partial charge in [0.05, 0.1) is 48.7 Å². The van der Waals surface area contributed by atoms with Crippen LogP contribution in [-0.2, 0) is 18.9 Å². The van der Waals surface area contributed by atoms with Crippen LogP contribution in [0.3, 0.4) is 0 Å². The Hall–Kier alpha value is -5.54. The maximum Gasteiger partial charge on any atom is 0.338 e. The SMILES string of the molecule is CCOC(=O)c1ccc(-c2sc(-c3ccc(C(=O)OCC)cc3)c(-c3ccc(C(=O)OCC)cc3)c2-c2ccc(C(=O)OCC)cc2)cc1. The molecule has 0 amide bonds. The summed E-state index contributed by atoms with van der Waals surface area (Å²) < 4.78 is 20.8. The molecule has 9 heteroatoms. The molecule has 5 aromatic rings. The van der Waals surface area contributed by atoms with Crippen LogP contribution >= 0.6 is 11.3 Å². The molecule has 0 unspecified atom stereocenters. The predicted octanol–water partition coefficient (Wildman–Crippen LogP) is 9.12. The first-order chi connectivity index (χ1) is 23.8. The zero-order chi connectivity index (χ0) is 34.9. The fourth-order valence-electron chi connectivity index (χ4n) is 5.31. The third-order valence-corrected chi connectivity index (χ3v) is 8.88. The number of carbonyl (C=O) groups excluding carboxylic acids is 4. The molecule has 8 nitrogen and oxygen atoms in total. The van der Waals surface area contributed by atoms with Gasteiger partial charge in [-0.1, -0.05) is 48.5 Å². The molecule has 0 fully saturated rings. The Morgan fingerprint density at radius 2 is 0.612 bits per heavy atom. The van der Waals surface area contributed by atoms with Gasteiger partial charge >= 0.3 is 23.9 Å². The zero-order valence-electron chi connectivity index (χ0n) is 27.7. The van der Waals surface area contributed by atoms with Crippen molar-refractivity contribution in [3.63, 3.8) is 0 Å². The average Bonchev–Trinajstić information content (AvgIpc) is 3.53. The summed E-state index contributed by atoms with van der Waals surface area (Å²) in [5.74, 6) is -1.63. The third-order valence-electron chi connectivity index (χ3n) is 7.59. The highest BCUT2D eigenvalue weighted by Crippen LogP contribution is 2.52. The number of carbonyl (C=O) groups is 4. The minimum Gasteiger partial charge on any atom is -0.462 e. The highest BCUT2D eigenvalue weighted by molar-refractivity contribution is 7.20. The monoisotopic (exact) mass is 676 g/mol. The van der Waals surface area contributed by atoms with E-state index in [1.807, 2.05) is 48.5 Å². The molecular formula is C40H36O8S. The minimum absolute atomic E-state index is 0.265. The van der Waals surface area contributed by atoms with Crippen LogP contribution in [0.25, 0.3) is 43.1 Å². The van der Waals surface area contributed by atoms with Crippen molar-refractivity contribution in [2.75, 3.05) is 26.4 Å². The van der Waals surface area contributed by atoms with Gasteiger partial charge in [0.2, 0.25) is 0 Å². The lowest BCUT2D eigenvalue weighted by atomic mass is 9.90. The normalized spacial score (nSPS) is 10.7. The first-order valence-corrected chi connectivity index (χ1v) is 16.9. The van der Waals surface area contributed by atoms with Crippen LogP contribution in [0, 0.1) is 0 Å². The minimum atomic E-state index is -0.411. The summed E-state index contributed by atoms with van der Waals surface area (Å²) in [5.41, 5.74) is 6.91. The molecule has 49 heavy (non-hydrogen) atoms. The number of ether oxygens (including phenoxy) is 4. The van der Waals surface area contributed by atoms with E-state index in [1.165, 1.54) is 0 Å². The lowest BCUT2D eigenvalue weighted by Crippen LogP contribution is -2.04. The van der Waals surface area contributed by atoms with Gasteiger partial charge in [0.15, 0.2) is 0 Å². The van der Waals surface area contributed by atoms with E-state index in [0.29, 0.717) is 22.3 Å². The Bertz CT molecular complexity index is 1800. The molecule has 0 aliphatic carbocycles. The summed E-state index contributed by atoms with van der Waals surface area (Å²) in [6.07, 6.45) is 0. The largest absolute Gasteiger partial charge is 0.462 e. The second kappa shape index (κ2) is 16.0. The Morgan fingerprint density at radius 3 is 0.837 bits per heavy atom. The fourth-order valence-corrected chi connectivity index (χ4v) is 6.66. The average molecular weight is 677 g/mol. The van der Waals surface area contributed by atoms with Crippen molar-refractivity contribution in [2.24, 2.45) is 0 Å². The maximum atomic E-state index is 12.5. The highest BCUT2D eigenvalue weighted by Gasteiger charge is 2.25. The standard InChI is InChI=1S/C40H36O8S/c1-5-45-37(41)29-17-9-25(10-18-29)33-34(26-11-19-30(20-12-26)38(42)46-6-2)36(28-15-23-32(24-16-28)40(44)48-8-4)49-35(33)27-13-21-31(22-14-27)39(43)47-7-3/h9-24H,5-8H2,1-4H3. The molecule has 0 saturated heterocycles. The van der Waals surface area contributed by atoms with E-state index in [4.69, 9.17) is 18.9 Å². The van der Waals surface area contributed by atoms with Crippen molar-refractivity contribution in [3.8, 4) is 43.1 Å². The van der Waals surface area contributed by atoms with Crippen molar-refractivity contribution in [3.05, 3.63) is 119 Å².